The summed E-state index contributed by atoms with van der Waals surface area (Å²) in [5.41, 5.74) is 0.577. The molecule has 5 nitrogen and oxygen atoms in total. The van der Waals surface area contributed by atoms with Crippen molar-refractivity contribution in [1.29, 1.82) is 5.26 Å². The molecule has 0 radical (unpaired) electrons. The van der Waals surface area contributed by atoms with E-state index in [0.29, 0.717) is 24.5 Å². The highest BCUT2D eigenvalue weighted by atomic mass is 16.5. The smallest absolute Gasteiger partial charge is 0.137 e. The van der Waals surface area contributed by atoms with Gasteiger partial charge in [0.2, 0.25) is 0 Å². The van der Waals surface area contributed by atoms with Gasteiger partial charge in [0.1, 0.15) is 18.4 Å². The van der Waals surface area contributed by atoms with E-state index in [1.807, 2.05) is 18.2 Å². The second-order valence-corrected chi connectivity index (χ2v) is 5.09. The molecule has 1 fully saturated rings. The predicted molar refractivity (Wildman–Crippen MR) is 79.2 cm³/mol. The van der Waals surface area contributed by atoms with Crippen molar-refractivity contribution in [3.63, 3.8) is 0 Å². The van der Waals surface area contributed by atoms with E-state index in [2.05, 4.69) is 11.0 Å². The quantitative estimate of drug-likeness (QED) is 0.822. The average Bonchev–Trinajstić information content (AvgIpc) is 2.54. The van der Waals surface area contributed by atoms with Crippen LogP contribution in [0.3, 0.4) is 0 Å². The van der Waals surface area contributed by atoms with Crippen molar-refractivity contribution in [1.82, 2.24) is 4.90 Å². The molecule has 114 valence electrons. The number of benzene rings is 1. The van der Waals surface area contributed by atoms with Gasteiger partial charge >= 0.3 is 0 Å². The molecule has 2 rings (SSSR count). The van der Waals surface area contributed by atoms with Crippen LogP contribution in [0, 0.1) is 11.3 Å². The van der Waals surface area contributed by atoms with E-state index in [-0.39, 0.29) is 12.7 Å². The van der Waals surface area contributed by atoms with Crippen LogP contribution >= 0.6 is 0 Å². The minimum absolute atomic E-state index is 0.0896. The summed E-state index contributed by atoms with van der Waals surface area (Å²) in [7, 11) is 0. The van der Waals surface area contributed by atoms with E-state index in [9.17, 15) is 0 Å². The second kappa shape index (κ2) is 8.63. The summed E-state index contributed by atoms with van der Waals surface area (Å²) in [5.74, 6) is 0.654. The van der Waals surface area contributed by atoms with Crippen LogP contribution in [0.5, 0.6) is 5.75 Å². The Hall–Kier alpha value is -1.61. The molecule has 0 bridgehead atoms. The molecule has 5 heteroatoms. The Morgan fingerprint density at radius 1 is 1.24 bits per heavy atom. The highest BCUT2D eigenvalue weighted by molar-refractivity contribution is 5.42. The third-order valence-corrected chi connectivity index (χ3v) is 3.65. The highest BCUT2D eigenvalue weighted by Gasteiger charge is 2.19. The van der Waals surface area contributed by atoms with Crippen LogP contribution in [0.4, 0.5) is 0 Å². The Balaban J connectivity index is 1.67. The first kappa shape index (κ1) is 15.8. The van der Waals surface area contributed by atoms with Crippen molar-refractivity contribution in [2.75, 3.05) is 39.5 Å². The molecule has 1 aromatic carbocycles. The van der Waals surface area contributed by atoms with Gasteiger partial charge in [0.15, 0.2) is 0 Å². The average molecular weight is 290 g/mol. The summed E-state index contributed by atoms with van der Waals surface area (Å²) in [4.78, 5) is 2.34. The maximum absolute atomic E-state index is 8.99. The third-order valence-electron chi connectivity index (χ3n) is 3.65. The van der Waals surface area contributed by atoms with E-state index >= 15 is 0 Å². The Kier molecular flexibility index (Phi) is 6.48. The number of piperidine rings is 1. The van der Waals surface area contributed by atoms with Gasteiger partial charge in [-0.3, -0.25) is 4.90 Å². The SMILES string of the molecule is N#Cc1ccccc1OCCN1CCC(OCCO)CC1. The zero-order valence-electron chi connectivity index (χ0n) is 12.2. The number of aliphatic hydroxyl groups is 1. The zero-order chi connectivity index (χ0) is 14.9. The topological polar surface area (TPSA) is 65.7 Å². The van der Waals surface area contributed by atoms with Crippen LogP contribution < -0.4 is 4.74 Å². The standard InChI is InChI=1S/C16H22N2O3/c17-13-14-3-1-2-4-16(14)21-11-9-18-7-5-15(6-8-18)20-12-10-19/h1-4,15,19H,5-12H2. The van der Waals surface area contributed by atoms with Gasteiger partial charge in [-0.25, -0.2) is 0 Å². The minimum atomic E-state index is 0.0896. The number of para-hydroxylation sites is 1. The number of hydrogen-bond acceptors (Lipinski definition) is 5. The van der Waals surface area contributed by atoms with Gasteiger partial charge in [-0.15, -0.1) is 0 Å². The Morgan fingerprint density at radius 3 is 2.71 bits per heavy atom. The summed E-state index contributed by atoms with van der Waals surface area (Å²) in [5, 5.41) is 17.7. The predicted octanol–water partition coefficient (Wildman–Crippen LogP) is 1.41. The largest absolute Gasteiger partial charge is 0.491 e. The van der Waals surface area contributed by atoms with E-state index < -0.39 is 0 Å². The van der Waals surface area contributed by atoms with Crippen molar-refractivity contribution in [2.24, 2.45) is 0 Å². The number of ether oxygens (including phenoxy) is 2. The van der Waals surface area contributed by atoms with E-state index in [1.165, 1.54) is 0 Å². The summed E-state index contributed by atoms with van der Waals surface area (Å²) >= 11 is 0. The van der Waals surface area contributed by atoms with Crippen LogP contribution in [0.25, 0.3) is 0 Å². The number of aliphatic hydroxyl groups excluding tert-OH is 1. The molecule has 1 aromatic rings. The normalized spacial score (nSPS) is 16.6. The molecule has 0 unspecified atom stereocenters. The number of nitrogens with zero attached hydrogens (tertiary/aromatic N) is 2. The molecule has 1 saturated heterocycles. The lowest BCUT2D eigenvalue weighted by atomic mass is 10.1. The van der Waals surface area contributed by atoms with Gasteiger partial charge in [0, 0.05) is 19.6 Å². The first-order valence-electron chi connectivity index (χ1n) is 7.40. The van der Waals surface area contributed by atoms with Crippen LogP contribution in [0.15, 0.2) is 24.3 Å². The van der Waals surface area contributed by atoms with Gasteiger partial charge < -0.3 is 14.6 Å². The van der Waals surface area contributed by atoms with Crippen molar-refractivity contribution in [3.05, 3.63) is 29.8 Å². The Labute approximate surface area is 125 Å². The van der Waals surface area contributed by atoms with E-state index in [4.69, 9.17) is 19.8 Å². The third kappa shape index (κ3) is 5.01. The lowest BCUT2D eigenvalue weighted by molar-refractivity contribution is -0.00923. The van der Waals surface area contributed by atoms with E-state index in [1.54, 1.807) is 6.07 Å². The van der Waals surface area contributed by atoms with Gasteiger partial charge in [-0.1, -0.05) is 12.1 Å². The summed E-state index contributed by atoms with van der Waals surface area (Å²) in [6, 6.07) is 9.43. The lowest BCUT2D eigenvalue weighted by Crippen LogP contribution is -2.39. The van der Waals surface area contributed by atoms with Crippen LogP contribution in [0.1, 0.15) is 18.4 Å². The van der Waals surface area contributed by atoms with Gasteiger partial charge in [-0.05, 0) is 25.0 Å². The molecule has 21 heavy (non-hydrogen) atoms. The monoisotopic (exact) mass is 290 g/mol. The number of hydrogen-bond donors (Lipinski definition) is 1. The first-order valence-corrected chi connectivity index (χ1v) is 7.40. The minimum Gasteiger partial charge on any atom is -0.491 e. The highest BCUT2D eigenvalue weighted by Crippen LogP contribution is 2.17. The molecule has 0 aliphatic carbocycles. The maximum atomic E-state index is 8.99. The van der Waals surface area contributed by atoms with Gasteiger partial charge in [-0.2, -0.15) is 5.26 Å². The maximum Gasteiger partial charge on any atom is 0.137 e. The fourth-order valence-electron chi connectivity index (χ4n) is 2.49. The fraction of sp³-hybridized carbons (Fsp3) is 0.562. The van der Waals surface area contributed by atoms with Crippen LogP contribution in [-0.2, 0) is 4.74 Å². The van der Waals surface area contributed by atoms with Crippen LogP contribution in [-0.4, -0.2) is 55.6 Å². The van der Waals surface area contributed by atoms with Crippen LogP contribution in [0.2, 0.25) is 0 Å². The molecule has 1 aliphatic heterocycles. The molecule has 0 atom stereocenters. The van der Waals surface area contributed by atoms with Crippen molar-refractivity contribution in [2.45, 2.75) is 18.9 Å². The zero-order valence-corrected chi connectivity index (χ0v) is 12.2. The molecule has 0 aromatic heterocycles. The van der Waals surface area contributed by atoms with Crippen molar-refractivity contribution >= 4 is 0 Å². The first-order chi connectivity index (χ1) is 10.3. The molecule has 0 saturated carbocycles. The van der Waals surface area contributed by atoms with Crippen molar-refractivity contribution < 1.29 is 14.6 Å². The molecule has 1 aliphatic rings. The molecular weight excluding hydrogens is 268 g/mol. The molecular formula is C16H22N2O3. The number of rotatable bonds is 7. The number of nitriles is 1. The molecule has 1 heterocycles. The van der Waals surface area contributed by atoms with Gasteiger partial charge in [0.05, 0.1) is 24.9 Å². The molecule has 1 N–H and O–H groups in total. The van der Waals surface area contributed by atoms with Gasteiger partial charge in [0.25, 0.3) is 0 Å². The van der Waals surface area contributed by atoms with Crippen molar-refractivity contribution in [3.8, 4) is 11.8 Å². The summed E-state index contributed by atoms with van der Waals surface area (Å²) in [6.07, 6.45) is 2.26. The van der Waals surface area contributed by atoms with E-state index in [0.717, 1.165) is 32.5 Å². The summed E-state index contributed by atoms with van der Waals surface area (Å²) in [6.45, 7) is 3.93. The molecule has 0 spiro atoms. The Morgan fingerprint density at radius 2 is 2.00 bits per heavy atom. The fourth-order valence-corrected chi connectivity index (χ4v) is 2.49. The second-order valence-electron chi connectivity index (χ2n) is 5.09. The molecule has 0 amide bonds. The Bertz CT molecular complexity index is 465. The summed E-state index contributed by atoms with van der Waals surface area (Å²) < 4.78 is 11.2. The number of likely N-dealkylation sites (tertiary alicyclic amines) is 1. The lowest BCUT2D eigenvalue weighted by Gasteiger charge is -2.31.